The summed E-state index contributed by atoms with van der Waals surface area (Å²) >= 11 is 0. The number of amides is 2. The number of aryl methyl sites for hydroxylation is 2. The molecule has 2 aromatic carbocycles. The topological polar surface area (TPSA) is 80.1 Å². The summed E-state index contributed by atoms with van der Waals surface area (Å²) in [5.74, 6) is -0.530. The number of nitrogens with zero attached hydrogens (tertiary/aromatic N) is 4. The van der Waals surface area contributed by atoms with Crippen molar-refractivity contribution in [1.82, 2.24) is 25.2 Å². The lowest BCUT2D eigenvalue weighted by molar-refractivity contribution is 0.0714. The molecule has 8 heteroatoms. The number of likely N-dealkylation sites (tertiary alicyclic amines) is 1. The van der Waals surface area contributed by atoms with Crippen molar-refractivity contribution in [3.8, 4) is 0 Å². The predicted octanol–water partition coefficient (Wildman–Crippen LogP) is 3.08. The first-order valence-corrected chi connectivity index (χ1v) is 10.7. The molecule has 0 aliphatic carbocycles. The van der Waals surface area contributed by atoms with Crippen LogP contribution in [-0.4, -0.2) is 50.5 Å². The van der Waals surface area contributed by atoms with Crippen molar-refractivity contribution in [3.63, 3.8) is 0 Å². The Morgan fingerprint density at radius 1 is 1.12 bits per heavy atom. The maximum Gasteiger partial charge on any atom is 0.273 e. The van der Waals surface area contributed by atoms with E-state index in [2.05, 4.69) is 15.6 Å². The van der Waals surface area contributed by atoms with Gasteiger partial charge in [-0.25, -0.2) is 9.07 Å². The van der Waals surface area contributed by atoms with Gasteiger partial charge in [0.25, 0.3) is 11.8 Å². The summed E-state index contributed by atoms with van der Waals surface area (Å²) in [6.07, 6.45) is 0.670. The van der Waals surface area contributed by atoms with Gasteiger partial charge in [0, 0.05) is 18.5 Å². The lowest BCUT2D eigenvalue weighted by atomic mass is 10.1. The molecule has 0 bridgehead atoms. The largest absolute Gasteiger partial charge is 0.347 e. The SMILES string of the molecule is Cc1ccc(C(=O)N2C[C@@H](F)C[C@H]2Cn2cc(C(=O)NCc3ccccc3)nn2)cc1C. The summed E-state index contributed by atoms with van der Waals surface area (Å²) in [6, 6.07) is 14.7. The van der Waals surface area contributed by atoms with Gasteiger partial charge in [-0.15, -0.1) is 5.10 Å². The molecule has 7 nitrogen and oxygen atoms in total. The Hall–Kier alpha value is -3.55. The van der Waals surface area contributed by atoms with E-state index < -0.39 is 6.17 Å². The summed E-state index contributed by atoms with van der Waals surface area (Å²) in [7, 11) is 0. The number of alkyl halides is 1. The molecule has 166 valence electrons. The summed E-state index contributed by atoms with van der Waals surface area (Å²) in [4.78, 5) is 27.0. The summed E-state index contributed by atoms with van der Waals surface area (Å²) < 4.78 is 15.7. The number of hydrogen-bond donors (Lipinski definition) is 1. The van der Waals surface area contributed by atoms with Crippen LogP contribution < -0.4 is 5.32 Å². The minimum absolute atomic E-state index is 0.0511. The number of carbonyl (C=O) groups is 2. The number of nitrogens with one attached hydrogen (secondary N) is 1. The van der Waals surface area contributed by atoms with Gasteiger partial charge in [0.2, 0.25) is 0 Å². The van der Waals surface area contributed by atoms with Crippen molar-refractivity contribution >= 4 is 11.8 Å². The molecule has 1 aromatic heterocycles. The third-order valence-electron chi connectivity index (χ3n) is 5.84. The van der Waals surface area contributed by atoms with Gasteiger partial charge in [-0.2, -0.15) is 0 Å². The maximum atomic E-state index is 14.2. The van der Waals surface area contributed by atoms with Crippen molar-refractivity contribution < 1.29 is 14.0 Å². The fourth-order valence-electron chi connectivity index (χ4n) is 3.90. The van der Waals surface area contributed by atoms with Crippen LogP contribution in [0.25, 0.3) is 0 Å². The van der Waals surface area contributed by atoms with E-state index in [-0.39, 0.29) is 43.1 Å². The first kappa shape index (κ1) is 21.7. The molecule has 2 atom stereocenters. The molecule has 32 heavy (non-hydrogen) atoms. The van der Waals surface area contributed by atoms with E-state index in [0.717, 1.165) is 16.7 Å². The Bertz CT molecular complexity index is 1110. The zero-order valence-corrected chi connectivity index (χ0v) is 18.2. The van der Waals surface area contributed by atoms with Crippen LogP contribution in [0, 0.1) is 13.8 Å². The second kappa shape index (κ2) is 9.30. The van der Waals surface area contributed by atoms with Gasteiger partial charge in [0.05, 0.1) is 25.3 Å². The van der Waals surface area contributed by atoms with Crippen LogP contribution >= 0.6 is 0 Å². The third kappa shape index (κ3) is 4.85. The molecule has 4 rings (SSSR count). The van der Waals surface area contributed by atoms with Gasteiger partial charge < -0.3 is 10.2 Å². The number of rotatable bonds is 6. The van der Waals surface area contributed by atoms with Gasteiger partial charge in [0.1, 0.15) is 6.17 Å². The predicted molar refractivity (Wildman–Crippen MR) is 118 cm³/mol. The molecule has 2 amide bonds. The van der Waals surface area contributed by atoms with E-state index in [1.807, 2.05) is 56.3 Å². The number of aromatic nitrogens is 3. The minimum atomic E-state index is -1.09. The fourth-order valence-corrected chi connectivity index (χ4v) is 3.90. The van der Waals surface area contributed by atoms with Crippen LogP contribution in [0.4, 0.5) is 4.39 Å². The van der Waals surface area contributed by atoms with E-state index in [0.29, 0.717) is 12.1 Å². The molecule has 2 heterocycles. The Balaban J connectivity index is 1.41. The summed E-state index contributed by atoms with van der Waals surface area (Å²) in [5, 5.41) is 10.8. The average Bonchev–Trinajstić information content (AvgIpc) is 3.41. The van der Waals surface area contributed by atoms with Crippen LogP contribution in [0.5, 0.6) is 0 Å². The quantitative estimate of drug-likeness (QED) is 0.645. The van der Waals surface area contributed by atoms with E-state index in [1.165, 1.54) is 10.9 Å². The molecule has 3 aromatic rings. The standard InChI is InChI=1S/C24H26FN5O2/c1-16-8-9-19(10-17(16)2)24(32)30-13-20(25)11-21(30)14-29-15-22(27-28-29)23(31)26-12-18-6-4-3-5-7-18/h3-10,15,20-21H,11-14H2,1-2H3,(H,26,31)/t20-,21-/m0/s1. The number of benzene rings is 2. The third-order valence-corrected chi connectivity index (χ3v) is 5.84. The molecule has 0 saturated carbocycles. The number of carbonyl (C=O) groups excluding carboxylic acids is 2. The van der Waals surface area contributed by atoms with E-state index in [1.54, 1.807) is 11.0 Å². The van der Waals surface area contributed by atoms with Crippen LogP contribution in [0.15, 0.2) is 54.7 Å². The Morgan fingerprint density at radius 3 is 2.66 bits per heavy atom. The van der Waals surface area contributed by atoms with Gasteiger partial charge in [-0.05, 0) is 42.7 Å². The zero-order valence-electron chi connectivity index (χ0n) is 18.2. The zero-order chi connectivity index (χ0) is 22.7. The Morgan fingerprint density at radius 2 is 1.91 bits per heavy atom. The van der Waals surface area contributed by atoms with Crippen molar-refractivity contribution in [3.05, 3.63) is 82.7 Å². The monoisotopic (exact) mass is 435 g/mol. The lowest BCUT2D eigenvalue weighted by Gasteiger charge is -2.24. The van der Waals surface area contributed by atoms with E-state index in [4.69, 9.17) is 0 Å². The minimum Gasteiger partial charge on any atom is -0.347 e. The molecule has 1 aliphatic rings. The first-order valence-electron chi connectivity index (χ1n) is 10.7. The average molecular weight is 436 g/mol. The molecule has 0 unspecified atom stereocenters. The normalized spacial score (nSPS) is 18.0. The van der Waals surface area contributed by atoms with Crippen LogP contribution in [0.2, 0.25) is 0 Å². The van der Waals surface area contributed by atoms with Gasteiger partial charge >= 0.3 is 0 Å². The van der Waals surface area contributed by atoms with Crippen LogP contribution in [-0.2, 0) is 13.1 Å². The highest BCUT2D eigenvalue weighted by Gasteiger charge is 2.36. The highest BCUT2D eigenvalue weighted by Crippen LogP contribution is 2.24. The van der Waals surface area contributed by atoms with E-state index >= 15 is 0 Å². The molecule has 1 N–H and O–H groups in total. The molecule has 1 aliphatic heterocycles. The van der Waals surface area contributed by atoms with Crippen LogP contribution in [0.1, 0.15) is 44.0 Å². The fraction of sp³-hybridized carbons (Fsp3) is 0.333. The second-order valence-corrected chi connectivity index (χ2v) is 8.24. The first-order chi connectivity index (χ1) is 15.4. The van der Waals surface area contributed by atoms with Gasteiger partial charge in [-0.1, -0.05) is 41.6 Å². The van der Waals surface area contributed by atoms with Crippen molar-refractivity contribution in [2.45, 2.75) is 45.6 Å². The second-order valence-electron chi connectivity index (χ2n) is 8.24. The molecule has 1 saturated heterocycles. The van der Waals surface area contributed by atoms with Crippen LogP contribution in [0.3, 0.4) is 0 Å². The molecule has 1 fully saturated rings. The smallest absolute Gasteiger partial charge is 0.273 e. The van der Waals surface area contributed by atoms with Crippen molar-refractivity contribution in [1.29, 1.82) is 0 Å². The molecule has 0 spiro atoms. The highest BCUT2D eigenvalue weighted by atomic mass is 19.1. The summed E-state index contributed by atoms with van der Waals surface area (Å²) in [5.41, 5.74) is 3.83. The Labute approximate surface area is 186 Å². The maximum absolute atomic E-state index is 14.2. The molecule has 0 radical (unpaired) electrons. The summed E-state index contributed by atoms with van der Waals surface area (Å²) in [6.45, 7) is 4.64. The van der Waals surface area contributed by atoms with Crippen molar-refractivity contribution in [2.75, 3.05) is 6.54 Å². The van der Waals surface area contributed by atoms with Gasteiger partial charge in [0.15, 0.2) is 5.69 Å². The van der Waals surface area contributed by atoms with Gasteiger partial charge in [-0.3, -0.25) is 9.59 Å². The van der Waals surface area contributed by atoms with E-state index in [9.17, 15) is 14.0 Å². The lowest BCUT2D eigenvalue weighted by Crippen LogP contribution is -2.38. The molecular weight excluding hydrogens is 409 g/mol. The number of halogens is 1. The van der Waals surface area contributed by atoms with Crippen molar-refractivity contribution in [2.24, 2.45) is 0 Å². The molecular formula is C24H26FN5O2. The Kier molecular flexibility index (Phi) is 6.30. The number of hydrogen-bond acceptors (Lipinski definition) is 4. The highest BCUT2D eigenvalue weighted by molar-refractivity contribution is 5.95.